The van der Waals surface area contributed by atoms with Gasteiger partial charge in [-0.3, -0.25) is 0 Å². The van der Waals surface area contributed by atoms with Crippen molar-refractivity contribution in [2.45, 2.75) is 58.2 Å². The quantitative estimate of drug-likeness (QED) is 0.811. The van der Waals surface area contributed by atoms with Crippen molar-refractivity contribution in [3.63, 3.8) is 0 Å². The molecule has 25 heavy (non-hydrogen) atoms. The summed E-state index contributed by atoms with van der Waals surface area (Å²) in [5, 5.41) is 6.00. The van der Waals surface area contributed by atoms with Gasteiger partial charge in [-0.05, 0) is 38.3 Å². The molecule has 1 fully saturated rings. The van der Waals surface area contributed by atoms with Gasteiger partial charge in [0.15, 0.2) is 0 Å². The molecule has 2 unspecified atom stereocenters. The van der Waals surface area contributed by atoms with E-state index < -0.39 is 0 Å². The van der Waals surface area contributed by atoms with E-state index in [9.17, 15) is 4.79 Å². The predicted octanol–water partition coefficient (Wildman–Crippen LogP) is 2.86. The SMILES string of the molecule is CCC(NC(=O)NCCc1nc2ccccc2n1CC)C1CCCO1. The highest BCUT2D eigenvalue weighted by Crippen LogP contribution is 2.18. The smallest absolute Gasteiger partial charge is 0.315 e. The van der Waals surface area contributed by atoms with Crippen LogP contribution in [0.1, 0.15) is 38.9 Å². The van der Waals surface area contributed by atoms with E-state index in [2.05, 4.69) is 35.1 Å². The summed E-state index contributed by atoms with van der Waals surface area (Å²) in [6.45, 7) is 6.44. The number of hydrogen-bond acceptors (Lipinski definition) is 3. The Bertz CT molecular complexity index is 707. The van der Waals surface area contributed by atoms with Crippen molar-refractivity contribution < 1.29 is 9.53 Å². The van der Waals surface area contributed by atoms with Crippen LogP contribution in [0.15, 0.2) is 24.3 Å². The molecule has 2 atom stereocenters. The van der Waals surface area contributed by atoms with Gasteiger partial charge in [-0.1, -0.05) is 19.1 Å². The van der Waals surface area contributed by atoms with Crippen LogP contribution >= 0.6 is 0 Å². The van der Waals surface area contributed by atoms with Crippen molar-refractivity contribution in [3.05, 3.63) is 30.1 Å². The zero-order chi connectivity index (χ0) is 17.6. The highest BCUT2D eigenvalue weighted by atomic mass is 16.5. The third-order valence-corrected chi connectivity index (χ3v) is 4.85. The third-order valence-electron chi connectivity index (χ3n) is 4.85. The second-order valence-electron chi connectivity index (χ2n) is 6.48. The minimum atomic E-state index is -0.124. The second kappa shape index (κ2) is 8.34. The number of fused-ring (bicyclic) bond motifs is 1. The predicted molar refractivity (Wildman–Crippen MR) is 98.7 cm³/mol. The van der Waals surface area contributed by atoms with Gasteiger partial charge in [0, 0.05) is 26.1 Å². The molecule has 1 saturated heterocycles. The maximum atomic E-state index is 12.2. The number of aromatic nitrogens is 2. The fourth-order valence-electron chi connectivity index (χ4n) is 3.55. The number of urea groups is 1. The van der Waals surface area contributed by atoms with Gasteiger partial charge in [-0.2, -0.15) is 0 Å². The lowest BCUT2D eigenvalue weighted by Crippen LogP contribution is -2.47. The number of para-hydroxylation sites is 2. The number of hydrogen-bond donors (Lipinski definition) is 2. The van der Waals surface area contributed by atoms with Crippen molar-refractivity contribution in [2.75, 3.05) is 13.2 Å². The van der Waals surface area contributed by atoms with Crippen molar-refractivity contribution in [1.82, 2.24) is 20.2 Å². The molecule has 1 aliphatic rings. The molecule has 0 radical (unpaired) electrons. The number of ether oxygens (including phenoxy) is 1. The van der Waals surface area contributed by atoms with E-state index in [-0.39, 0.29) is 18.2 Å². The van der Waals surface area contributed by atoms with Crippen molar-refractivity contribution in [1.29, 1.82) is 0 Å². The van der Waals surface area contributed by atoms with Gasteiger partial charge in [0.1, 0.15) is 5.82 Å². The van der Waals surface area contributed by atoms with Crippen LogP contribution in [-0.2, 0) is 17.7 Å². The Hall–Kier alpha value is -2.08. The average molecular weight is 344 g/mol. The lowest BCUT2D eigenvalue weighted by molar-refractivity contribution is 0.0797. The first-order valence-corrected chi connectivity index (χ1v) is 9.33. The molecule has 1 aromatic carbocycles. The Morgan fingerprint density at radius 3 is 2.96 bits per heavy atom. The number of rotatable bonds is 7. The third kappa shape index (κ3) is 4.12. The van der Waals surface area contributed by atoms with Gasteiger partial charge in [-0.25, -0.2) is 9.78 Å². The first-order chi connectivity index (χ1) is 12.2. The average Bonchev–Trinajstić information content (AvgIpc) is 3.27. The molecule has 3 rings (SSSR count). The molecular formula is C19H28N4O2. The topological polar surface area (TPSA) is 68.2 Å². The summed E-state index contributed by atoms with van der Waals surface area (Å²) in [5.41, 5.74) is 2.15. The molecule has 6 nitrogen and oxygen atoms in total. The van der Waals surface area contributed by atoms with Crippen LogP contribution in [0.2, 0.25) is 0 Å². The Balaban J connectivity index is 1.53. The number of carbonyl (C=O) groups is 1. The Kier molecular flexibility index (Phi) is 5.91. The van der Waals surface area contributed by atoms with Gasteiger partial charge in [-0.15, -0.1) is 0 Å². The molecule has 136 valence electrons. The molecule has 1 aliphatic heterocycles. The van der Waals surface area contributed by atoms with Gasteiger partial charge >= 0.3 is 6.03 Å². The maximum absolute atomic E-state index is 12.2. The number of benzene rings is 1. The highest BCUT2D eigenvalue weighted by molar-refractivity contribution is 5.76. The summed E-state index contributed by atoms with van der Waals surface area (Å²) in [7, 11) is 0. The molecule has 0 bridgehead atoms. The number of amides is 2. The zero-order valence-electron chi connectivity index (χ0n) is 15.1. The summed E-state index contributed by atoms with van der Waals surface area (Å²) in [5.74, 6) is 1.01. The first kappa shape index (κ1) is 17.7. The number of imidazole rings is 1. The van der Waals surface area contributed by atoms with Crippen molar-refractivity contribution in [2.24, 2.45) is 0 Å². The van der Waals surface area contributed by atoms with Crippen LogP contribution in [-0.4, -0.2) is 40.9 Å². The minimum absolute atomic E-state index is 0.0858. The lowest BCUT2D eigenvalue weighted by atomic mass is 10.1. The lowest BCUT2D eigenvalue weighted by Gasteiger charge is -2.23. The summed E-state index contributed by atoms with van der Waals surface area (Å²) in [6, 6.07) is 8.11. The van der Waals surface area contributed by atoms with E-state index in [1.54, 1.807) is 0 Å². The molecule has 2 aromatic rings. The van der Waals surface area contributed by atoms with Gasteiger partial charge < -0.3 is 19.9 Å². The van der Waals surface area contributed by atoms with Crippen LogP contribution in [0.4, 0.5) is 4.79 Å². The van der Waals surface area contributed by atoms with Crippen LogP contribution in [0, 0.1) is 0 Å². The van der Waals surface area contributed by atoms with E-state index in [4.69, 9.17) is 9.72 Å². The van der Waals surface area contributed by atoms with E-state index in [1.807, 2.05) is 18.2 Å². The van der Waals surface area contributed by atoms with Gasteiger partial charge in [0.2, 0.25) is 0 Å². The number of aryl methyl sites for hydroxylation is 1. The Labute approximate surface area is 149 Å². The molecular weight excluding hydrogens is 316 g/mol. The monoisotopic (exact) mass is 344 g/mol. The number of nitrogens with one attached hydrogen (secondary N) is 2. The van der Waals surface area contributed by atoms with Crippen molar-refractivity contribution >= 4 is 17.1 Å². The Morgan fingerprint density at radius 2 is 2.24 bits per heavy atom. The summed E-state index contributed by atoms with van der Waals surface area (Å²) >= 11 is 0. The molecule has 2 N–H and O–H groups in total. The second-order valence-corrected chi connectivity index (χ2v) is 6.48. The normalized spacial score (nSPS) is 18.4. The molecule has 6 heteroatoms. The number of nitrogens with zero attached hydrogens (tertiary/aromatic N) is 2. The summed E-state index contributed by atoms with van der Waals surface area (Å²) < 4.78 is 7.89. The first-order valence-electron chi connectivity index (χ1n) is 9.33. The van der Waals surface area contributed by atoms with Gasteiger partial charge in [0.05, 0.1) is 23.2 Å². The van der Waals surface area contributed by atoms with E-state index in [1.165, 1.54) is 0 Å². The Morgan fingerprint density at radius 1 is 1.40 bits per heavy atom. The van der Waals surface area contributed by atoms with E-state index >= 15 is 0 Å². The number of carbonyl (C=O) groups excluding carboxylic acids is 1. The maximum Gasteiger partial charge on any atom is 0.315 e. The zero-order valence-corrected chi connectivity index (χ0v) is 15.1. The highest BCUT2D eigenvalue weighted by Gasteiger charge is 2.25. The molecule has 2 amide bonds. The molecule has 2 heterocycles. The minimum Gasteiger partial charge on any atom is -0.376 e. The molecule has 0 spiro atoms. The fraction of sp³-hybridized carbons (Fsp3) is 0.579. The standard InChI is InChI=1S/C19H28N4O2/c1-3-14(17-10-7-13-25-17)22-19(24)20-12-11-18-21-15-8-5-6-9-16(15)23(18)4-2/h5-6,8-9,14,17H,3-4,7,10-13H2,1-2H3,(H2,20,22,24). The summed E-state index contributed by atoms with van der Waals surface area (Å²) in [6.07, 6.45) is 3.85. The molecule has 0 saturated carbocycles. The van der Waals surface area contributed by atoms with E-state index in [0.717, 1.165) is 49.3 Å². The fourth-order valence-corrected chi connectivity index (χ4v) is 3.55. The van der Waals surface area contributed by atoms with Crippen LogP contribution in [0.5, 0.6) is 0 Å². The van der Waals surface area contributed by atoms with Gasteiger partial charge in [0.25, 0.3) is 0 Å². The summed E-state index contributed by atoms with van der Waals surface area (Å²) in [4.78, 5) is 16.9. The molecule has 1 aromatic heterocycles. The van der Waals surface area contributed by atoms with Crippen LogP contribution in [0.25, 0.3) is 11.0 Å². The molecule has 0 aliphatic carbocycles. The largest absolute Gasteiger partial charge is 0.376 e. The van der Waals surface area contributed by atoms with Crippen molar-refractivity contribution in [3.8, 4) is 0 Å². The van der Waals surface area contributed by atoms with Crippen LogP contribution < -0.4 is 10.6 Å². The van der Waals surface area contributed by atoms with E-state index in [0.29, 0.717) is 13.0 Å². The van der Waals surface area contributed by atoms with Crippen LogP contribution in [0.3, 0.4) is 0 Å².